The van der Waals surface area contributed by atoms with E-state index in [1.807, 2.05) is 42.5 Å². The molecule has 1 N–H and O–H groups in total. The first kappa shape index (κ1) is 16.0. The number of hydrogen-bond donors (Lipinski definition) is 1. The standard InChI is InChI=1S/C20H15ClN2O/c21-19-9-5-4-8-18(19)20(24)23-22-14-15-10-12-17(13-11-15)16-6-2-1-3-7-16/h1-14H,(H,23,24). The van der Waals surface area contributed by atoms with Gasteiger partial charge in [-0.15, -0.1) is 0 Å². The summed E-state index contributed by atoms with van der Waals surface area (Å²) < 4.78 is 0. The van der Waals surface area contributed by atoms with Crippen molar-refractivity contribution < 1.29 is 4.79 Å². The van der Waals surface area contributed by atoms with Gasteiger partial charge in [-0.3, -0.25) is 4.79 Å². The van der Waals surface area contributed by atoms with Crippen molar-refractivity contribution in [1.29, 1.82) is 0 Å². The Morgan fingerprint density at radius 3 is 2.17 bits per heavy atom. The van der Waals surface area contributed by atoms with E-state index in [2.05, 4.69) is 22.7 Å². The maximum absolute atomic E-state index is 12.0. The van der Waals surface area contributed by atoms with E-state index in [0.717, 1.165) is 16.7 Å². The van der Waals surface area contributed by atoms with Crippen LogP contribution in [-0.2, 0) is 0 Å². The molecule has 0 saturated carbocycles. The number of carbonyl (C=O) groups is 1. The van der Waals surface area contributed by atoms with E-state index in [4.69, 9.17) is 11.6 Å². The van der Waals surface area contributed by atoms with Gasteiger partial charge in [0.1, 0.15) is 0 Å². The summed E-state index contributed by atoms with van der Waals surface area (Å²) in [6.45, 7) is 0. The Bertz CT molecular complexity index is 858. The molecular formula is C20H15ClN2O. The molecule has 0 aliphatic rings. The molecule has 3 rings (SSSR count). The van der Waals surface area contributed by atoms with Gasteiger partial charge in [-0.2, -0.15) is 5.10 Å². The molecule has 3 nitrogen and oxygen atoms in total. The van der Waals surface area contributed by atoms with Crippen LogP contribution in [0, 0.1) is 0 Å². The lowest BCUT2D eigenvalue weighted by atomic mass is 10.0. The first-order valence-electron chi connectivity index (χ1n) is 7.47. The van der Waals surface area contributed by atoms with Gasteiger partial charge in [-0.05, 0) is 28.8 Å². The number of benzene rings is 3. The predicted molar refractivity (Wildman–Crippen MR) is 98.4 cm³/mol. The Morgan fingerprint density at radius 1 is 0.833 bits per heavy atom. The number of amides is 1. The molecule has 0 heterocycles. The zero-order chi connectivity index (χ0) is 16.8. The number of carbonyl (C=O) groups excluding carboxylic acids is 1. The summed E-state index contributed by atoms with van der Waals surface area (Å²) in [5, 5.41) is 4.38. The van der Waals surface area contributed by atoms with Gasteiger partial charge in [-0.25, -0.2) is 5.43 Å². The summed E-state index contributed by atoms with van der Waals surface area (Å²) in [4.78, 5) is 12.0. The van der Waals surface area contributed by atoms with Gasteiger partial charge < -0.3 is 0 Å². The second-order valence-corrected chi connectivity index (χ2v) is 5.57. The van der Waals surface area contributed by atoms with Gasteiger partial charge in [0.25, 0.3) is 5.91 Å². The molecule has 0 atom stereocenters. The van der Waals surface area contributed by atoms with E-state index < -0.39 is 0 Å². The van der Waals surface area contributed by atoms with Gasteiger partial charge >= 0.3 is 0 Å². The van der Waals surface area contributed by atoms with Crippen LogP contribution in [0.5, 0.6) is 0 Å². The van der Waals surface area contributed by atoms with E-state index in [1.165, 1.54) is 0 Å². The van der Waals surface area contributed by atoms with E-state index >= 15 is 0 Å². The van der Waals surface area contributed by atoms with Crippen molar-refractivity contribution in [1.82, 2.24) is 5.43 Å². The number of nitrogens with one attached hydrogen (secondary N) is 1. The average molecular weight is 335 g/mol. The smallest absolute Gasteiger partial charge is 0.267 e. The topological polar surface area (TPSA) is 41.5 Å². The highest BCUT2D eigenvalue weighted by Gasteiger charge is 2.07. The predicted octanol–water partition coefficient (Wildman–Crippen LogP) is 4.77. The Kier molecular flexibility index (Phi) is 5.04. The molecular weight excluding hydrogens is 320 g/mol. The van der Waals surface area contributed by atoms with Crippen molar-refractivity contribution in [3.63, 3.8) is 0 Å². The van der Waals surface area contributed by atoms with Crippen LogP contribution < -0.4 is 5.43 Å². The van der Waals surface area contributed by atoms with Crippen molar-refractivity contribution in [2.75, 3.05) is 0 Å². The Morgan fingerprint density at radius 2 is 1.46 bits per heavy atom. The Labute approximate surface area is 145 Å². The lowest BCUT2D eigenvalue weighted by Gasteiger charge is -2.03. The van der Waals surface area contributed by atoms with Crippen molar-refractivity contribution in [2.24, 2.45) is 5.10 Å². The molecule has 0 unspecified atom stereocenters. The number of nitrogens with zero attached hydrogens (tertiary/aromatic N) is 1. The highest BCUT2D eigenvalue weighted by molar-refractivity contribution is 6.33. The molecule has 0 saturated heterocycles. The molecule has 0 bridgehead atoms. The van der Waals surface area contributed by atoms with E-state index in [9.17, 15) is 4.79 Å². The molecule has 118 valence electrons. The van der Waals surface area contributed by atoms with Gasteiger partial charge in [0.05, 0.1) is 16.8 Å². The van der Waals surface area contributed by atoms with Crippen LogP contribution in [0.4, 0.5) is 0 Å². The van der Waals surface area contributed by atoms with Crippen LogP contribution in [0.2, 0.25) is 5.02 Å². The van der Waals surface area contributed by atoms with Crippen LogP contribution in [0.25, 0.3) is 11.1 Å². The molecule has 0 aliphatic carbocycles. The molecule has 3 aromatic rings. The van der Waals surface area contributed by atoms with E-state index in [1.54, 1.807) is 30.5 Å². The summed E-state index contributed by atoms with van der Waals surface area (Å²) in [7, 11) is 0. The highest BCUT2D eigenvalue weighted by Crippen LogP contribution is 2.18. The molecule has 0 spiro atoms. The number of hydrazone groups is 1. The Hall–Kier alpha value is -2.91. The monoisotopic (exact) mass is 334 g/mol. The lowest BCUT2D eigenvalue weighted by molar-refractivity contribution is 0.0955. The third-order valence-electron chi connectivity index (χ3n) is 3.52. The fourth-order valence-corrected chi connectivity index (χ4v) is 2.48. The minimum atomic E-state index is -0.335. The molecule has 0 aromatic heterocycles. The molecule has 0 aliphatic heterocycles. The first-order valence-corrected chi connectivity index (χ1v) is 7.85. The molecule has 4 heteroatoms. The first-order chi connectivity index (χ1) is 11.7. The third kappa shape index (κ3) is 3.89. The van der Waals surface area contributed by atoms with Gasteiger partial charge in [0.15, 0.2) is 0 Å². The fourth-order valence-electron chi connectivity index (χ4n) is 2.26. The van der Waals surface area contributed by atoms with Crippen LogP contribution in [-0.4, -0.2) is 12.1 Å². The summed E-state index contributed by atoms with van der Waals surface area (Å²) in [5.74, 6) is -0.335. The molecule has 0 fully saturated rings. The van der Waals surface area contributed by atoms with Crippen molar-refractivity contribution in [3.8, 4) is 11.1 Å². The van der Waals surface area contributed by atoms with E-state index in [0.29, 0.717) is 10.6 Å². The quantitative estimate of drug-likeness (QED) is 0.542. The van der Waals surface area contributed by atoms with Crippen LogP contribution in [0.15, 0.2) is 84.0 Å². The maximum atomic E-state index is 12.0. The van der Waals surface area contributed by atoms with Crippen molar-refractivity contribution in [2.45, 2.75) is 0 Å². The zero-order valence-electron chi connectivity index (χ0n) is 12.8. The maximum Gasteiger partial charge on any atom is 0.272 e. The molecule has 0 radical (unpaired) electrons. The average Bonchev–Trinajstić information content (AvgIpc) is 2.63. The van der Waals surface area contributed by atoms with Crippen LogP contribution in [0.3, 0.4) is 0 Å². The van der Waals surface area contributed by atoms with Gasteiger partial charge in [0.2, 0.25) is 0 Å². The second-order valence-electron chi connectivity index (χ2n) is 5.17. The van der Waals surface area contributed by atoms with Crippen LogP contribution in [0.1, 0.15) is 15.9 Å². The van der Waals surface area contributed by atoms with Crippen LogP contribution >= 0.6 is 11.6 Å². The van der Waals surface area contributed by atoms with Crippen molar-refractivity contribution in [3.05, 3.63) is 95.0 Å². The third-order valence-corrected chi connectivity index (χ3v) is 3.85. The van der Waals surface area contributed by atoms with Gasteiger partial charge in [0, 0.05) is 0 Å². The zero-order valence-corrected chi connectivity index (χ0v) is 13.6. The van der Waals surface area contributed by atoms with Gasteiger partial charge in [-0.1, -0.05) is 78.3 Å². The highest BCUT2D eigenvalue weighted by atomic mass is 35.5. The lowest BCUT2D eigenvalue weighted by Crippen LogP contribution is -2.17. The molecule has 1 amide bonds. The largest absolute Gasteiger partial charge is 0.272 e. The normalized spacial score (nSPS) is 10.7. The number of halogens is 1. The minimum absolute atomic E-state index is 0.335. The fraction of sp³-hybridized carbons (Fsp3) is 0. The number of hydrogen-bond acceptors (Lipinski definition) is 2. The molecule has 24 heavy (non-hydrogen) atoms. The molecule has 3 aromatic carbocycles. The number of rotatable bonds is 4. The Balaban J connectivity index is 1.65. The summed E-state index contributed by atoms with van der Waals surface area (Å²) in [5.41, 5.74) is 6.07. The van der Waals surface area contributed by atoms with Crippen molar-refractivity contribution >= 4 is 23.7 Å². The summed E-state index contributed by atoms with van der Waals surface area (Å²) in [6, 6.07) is 24.9. The second kappa shape index (κ2) is 7.57. The summed E-state index contributed by atoms with van der Waals surface area (Å²) in [6.07, 6.45) is 1.60. The van der Waals surface area contributed by atoms with E-state index in [-0.39, 0.29) is 5.91 Å². The SMILES string of the molecule is O=C(NN=Cc1ccc(-c2ccccc2)cc1)c1ccccc1Cl. The minimum Gasteiger partial charge on any atom is -0.267 e. The summed E-state index contributed by atoms with van der Waals surface area (Å²) >= 11 is 5.98.